The van der Waals surface area contributed by atoms with Gasteiger partial charge in [0.15, 0.2) is 0 Å². The highest BCUT2D eigenvalue weighted by atomic mass is 16.2. The van der Waals surface area contributed by atoms with Gasteiger partial charge in [-0.2, -0.15) is 0 Å². The summed E-state index contributed by atoms with van der Waals surface area (Å²) in [6.45, 7) is 4.50. The Balaban J connectivity index is 2.20. The lowest BCUT2D eigenvalue weighted by atomic mass is 10.1. The largest absolute Gasteiger partial charge is 0.336 e. The van der Waals surface area contributed by atoms with E-state index in [0.29, 0.717) is 11.2 Å². The van der Waals surface area contributed by atoms with Crippen LogP contribution in [-0.2, 0) is 4.79 Å². The number of carbonyl (C=O) groups is 2. The molecule has 7 heteroatoms. The van der Waals surface area contributed by atoms with Crippen LogP contribution in [0, 0.1) is 0 Å². The van der Waals surface area contributed by atoms with E-state index in [1.807, 2.05) is 0 Å². The van der Waals surface area contributed by atoms with Gasteiger partial charge in [0.05, 0.1) is 11.0 Å². The van der Waals surface area contributed by atoms with Gasteiger partial charge in [-0.15, -0.1) is 0 Å². The van der Waals surface area contributed by atoms with Gasteiger partial charge in [-0.3, -0.25) is 14.2 Å². The van der Waals surface area contributed by atoms with Crippen LogP contribution in [0.4, 0.5) is 5.69 Å². The molecule has 0 saturated carbocycles. The summed E-state index contributed by atoms with van der Waals surface area (Å²) in [5.74, 6) is -0.522. The van der Waals surface area contributed by atoms with Crippen molar-refractivity contribution in [2.75, 3.05) is 18.4 Å². The first-order chi connectivity index (χ1) is 11.0. The molecule has 1 fully saturated rings. The van der Waals surface area contributed by atoms with Crippen molar-refractivity contribution in [1.29, 1.82) is 0 Å². The molecule has 2 N–H and O–H groups in total. The highest BCUT2D eigenvalue weighted by Crippen LogP contribution is 2.25. The number of piperidine rings is 1. The van der Waals surface area contributed by atoms with Crippen molar-refractivity contribution in [3.05, 3.63) is 28.7 Å². The van der Waals surface area contributed by atoms with E-state index < -0.39 is 0 Å². The Labute approximate surface area is 133 Å². The predicted octanol–water partition coefficient (Wildman–Crippen LogP) is 1.35. The van der Waals surface area contributed by atoms with Crippen LogP contribution < -0.4 is 16.3 Å². The third-order valence-electron chi connectivity index (χ3n) is 4.18. The van der Waals surface area contributed by atoms with Gasteiger partial charge in [-0.25, -0.2) is 9.36 Å². The van der Waals surface area contributed by atoms with Crippen LogP contribution in [0.15, 0.2) is 23.0 Å². The number of imidazole rings is 1. The second kappa shape index (κ2) is 6.00. The van der Waals surface area contributed by atoms with Crippen molar-refractivity contribution < 1.29 is 9.59 Å². The SMILES string of the molecule is CC(=O)Nc1ccc2c(c1)n(C(C)=O)c(=O)n2C1CCNCC1. The van der Waals surface area contributed by atoms with Gasteiger partial charge in [0, 0.05) is 25.6 Å². The zero-order chi connectivity index (χ0) is 16.6. The maximum Gasteiger partial charge on any atom is 0.336 e. The minimum absolute atomic E-state index is 0.0819. The Bertz CT molecular complexity index is 828. The van der Waals surface area contributed by atoms with Gasteiger partial charge in [-0.05, 0) is 44.1 Å². The first-order valence-corrected chi connectivity index (χ1v) is 7.75. The minimum Gasteiger partial charge on any atom is -0.326 e. The number of benzene rings is 1. The van der Waals surface area contributed by atoms with E-state index in [2.05, 4.69) is 10.6 Å². The molecule has 1 saturated heterocycles. The van der Waals surface area contributed by atoms with E-state index in [9.17, 15) is 14.4 Å². The van der Waals surface area contributed by atoms with Crippen LogP contribution in [0.25, 0.3) is 11.0 Å². The van der Waals surface area contributed by atoms with Crippen molar-refractivity contribution in [1.82, 2.24) is 14.5 Å². The van der Waals surface area contributed by atoms with Crippen molar-refractivity contribution >= 4 is 28.5 Å². The molecule has 1 aromatic carbocycles. The number of hydrogen-bond donors (Lipinski definition) is 2. The highest BCUT2D eigenvalue weighted by molar-refractivity contribution is 5.94. The summed E-state index contributed by atoms with van der Waals surface area (Å²) in [6, 6.07) is 5.31. The van der Waals surface area contributed by atoms with Gasteiger partial charge < -0.3 is 10.6 Å². The van der Waals surface area contributed by atoms with E-state index in [0.717, 1.165) is 31.4 Å². The third-order valence-corrected chi connectivity index (χ3v) is 4.18. The molecule has 3 rings (SSSR count). The molecular formula is C16H20N4O3. The number of hydrogen-bond acceptors (Lipinski definition) is 4. The molecule has 1 amide bonds. The van der Waals surface area contributed by atoms with Crippen LogP contribution >= 0.6 is 0 Å². The summed E-state index contributed by atoms with van der Waals surface area (Å²) in [4.78, 5) is 35.9. The lowest BCUT2D eigenvalue weighted by Crippen LogP contribution is -2.35. The molecule has 0 atom stereocenters. The Morgan fingerprint density at radius 2 is 1.87 bits per heavy atom. The maximum absolute atomic E-state index is 12.8. The fraction of sp³-hybridized carbons (Fsp3) is 0.438. The van der Waals surface area contributed by atoms with Crippen molar-refractivity contribution in [2.45, 2.75) is 32.7 Å². The molecule has 7 nitrogen and oxygen atoms in total. The average molecular weight is 316 g/mol. The molecule has 1 aliphatic rings. The third kappa shape index (κ3) is 2.79. The first kappa shape index (κ1) is 15.5. The number of fused-ring (bicyclic) bond motifs is 1. The number of nitrogens with zero attached hydrogens (tertiary/aromatic N) is 2. The maximum atomic E-state index is 12.8. The summed E-state index contributed by atoms with van der Waals surface area (Å²) in [5, 5.41) is 5.96. The molecule has 1 aliphatic heterocycles. The summed E-state index contributed by atoms with van der Waals surface area (Å²) >= 11 is 0. The van der Waals surface area contributed by atoms with E-state index in [4.69, 9.17) is 0 Å². The molecule has 0 aliphatic carbocycles. The first-order valence-electron chi connectivity index (χ1n) is 7.75. The lowest BCUT2D eigenvalue weighted by Gasteiger charge is -2.23. The Morgan fingerprint density at radius 1 is 1.17 bits per heavy atom. The molecule has 0 spiro atoms. The highest BCUT2D eigenvalue weighted by Gasteiger charge is 2.23. The number of rotatable bonds is 2. The summed E-state index contributed by atoms with van der Waals surface area (Å²) < 4.78 is 2.90. The molecule has 0 radical (unpaired) electrons. The fourth-order valence-corrected chi connectivity index (χ4v) is 3.22. The second-order valence-electron chi connectivity index (χ2n) is 5.87. The molecule has 23 heavy (non-hydrogen) atoms. The van der Waals surface area contributed by atoms with E-state index in [1.165, 1.54) is 18.4 Å². The second-order valence-corrected chi connectivity index (χ2v) is 5.87. The molecule has 2 heterocycles. The van der Waals surface area contributed by atoms with Gasteiger partial charge in [0.1, 0.15) is 0 Å². The Kier molecular flexibility index (Phi) is 4.04. The van der Waals surface area contributed by atoms with Crippen molar-refractivity contribution in [3.8, 4) is 0 Å². The molecule has 1 aromatic heterocycles. The normalized spacial score (nSPS) is 15.7. The smallest absolute Gasteiger partial charge is 0.326 e. The lowest BCUT2D eigenvalue weighted by molar-refractivity contribution is -0.114. The summed E-state index contributed by atoms with van der Waals surface area (Å²) in [5.41, 5.74) is 1.53. The minimum atomic E-state index is -0.326. The van der Waals surface area contributed by atoms with E-state index in [1.54, 1.807) is 22.8 Å². The molecule has 0 unspecified atom stereocenters. The van der Waals surface area contributed by atoms with Crippen LogP contribution in [0.3, 0.4) is 0 Å². The Morgan fingerprint density at radius 3 is 2.48 bits per heavy atom. The molecule has 0 bridgehead atoms. The van der Waals surface area contributed by atoms with Gasteiger partial charge >= 0.3 is 5.69 Å². The number of amides is 1. The fourth-order valence-electron chi connectivity index (χ4n) is 3.22. The zero-order valence-corrected chi connectivity index (χ0v) is 13.3. The number of nitrogens with one attached hydrogen (secondary N) is 2. The van der Waals surface area contributed by atoms with Gasteiger partial charge in [0.2, 0.25) is 11.8 Å². The monoisotopic (exact) mass is 316 g/mol. The summed E-state index contributed by atoms with van der Waals surface area (Å²) in [6.07, 6.45) is 1.70. The van der Waals surface area contributed by atoms with Gasteiger partial charge in [0.25, 0.3) is 0 Å². The van der Waals surface area contributed by atoms with Crippen LogP contribution in [0.5, 0.6) is 0 Å². The number of carbonyl (C=O) groups excluding carboxylic acids is 2. The van der Waals surface area contributed by atoms with E-state index in [-0.39, 0.29) is 23.5 Å². The quantitative estimate of drug-likeness (QED) is 0.876. The molecule has 122 valence electrons. The standard InChI is InChI=1S/C16H20N4O3/c1-10(21)18-12-3-4-14-15(9-12)19(11(2)22)16(23)20(14)13-5-7-17-8-6-13/h3-4,9,13,17H,5-8H2,1-2H3,(H,18,21). The topological polar surface area (TPSA) is 85.1 Å². The van der Waals surface area contributed by atoms with Crippen LogP contribution in [0.2, 0.25) is 0 Å². The van der Waals surface area contributed by atoms with Crippen LogP contribution in [-0.4, -0.2) is 34.0 Å². The number of anilines is 1. The number of aromatic nitrogens is 2. The summed E-state index contributed by atoms with van der Waals surface area (Å²) in [7, 11) is 0. The molecular weight excluding hydrogens is 296 g/mol. The van der Waals surface area contributed by atoms with E-state index >= 15 is 0 Å². The van der Waals surface area contributed by atoms with Crippen LogP contribution in [0.1, 0.15) is 37.5 Å². The predicted molar refractivity (Wildman–Crippen MR) is 87.9 cm³/mol. The zero-order valence-electron chi connectivity index (χ0n) is 13.3. The Hall–Kier alpha value is -2.41. The van der Waals surface area contributed by atoms with Gasteiger partial charge in [-0.1, -0.05) is 0 Å². The molecule has 2 aromatic rings. The van der Waals surface area contributed by atoms with Crippen molar-refractivity contribution in [3.63, 3.8) is 0 Å². The van der Waals surface area contributed by atoms with Crippen molar-refractivity contribution in [2.24, 2.45) is 0 Å². The average Bonchev–Trinajstić information content (AvgIpc) is 2.78.